The molecule has 2 atom stereocenters. The first-order valence-corrected chi connectivity index (χ1v) is 7.64. The molecule has 0 spiro atoms. The van der Waals surface area contributed by atoms with Gasteiger partial charge < -0.3 is 15.0 Å². The summed E-state index contributed by atoms with van der Waals surface area (Å²) in [6.07, 6.45) is -3.34. The van der Waals surface area contributed by atoms with Crippen molar-refractivity contribution in [2.45, 2.75) is 38.2 Å². The van der Waals surface area contributed by atoms with Gasteiger partial charge in [-0.25, -0.2) is 0 Å². The Hall–Kier alpha value is -2.10. The van der Waals surface area contributed by atoms with Crippen LogP contribution >= 0.6 is 0 Å². The number of halogens is 3. The number of piperidine rings is 1. The van der Waals surface area contributed by atoms with Crippen molar-refractivity contribution in [1.82, 2.24) is 20.0 Å². The third-order valence-corrected chi connectivity index (χ3v) is 4.20. The van der Waals surface area contributed by atoms with Crippen molar-refractivity contribution < 1.29 is 27.5 Å². The van der Waals surface area contributed by atoms with Crippen molar-refractivity contribution in [3.05, 3.63) is 17.5 Å². The van der Waals surface area contributed by atoms with Crippen molar-refractivity contribution in [2.24, 2.45) is 0 Å². The lowest BCUT2D eigenvalue weighted by Crippen LogP contribution is -2.61. The van der Waals surface area contributed by atoms with Crippen LogP contribution < -0.4 is 5.32 Å². The highest BCUT2D eigenvalue weighted by molar-refractivity contribution is 5.95. The van der Waals surface area contributed by atoms with Gasteiger partial charge in [0.2, 0.25) is 5.91 Å². The highest BCUT2D eigenvalue weighted by atomic mass is 19.4. The van der Waals surface area contributed by atoms with E-state index >= 15 is 0 Å². The number of fused-ring (bicyclic) bond motifs is 1. The van der Waals surface area contributed by atoms with Gasteiger partial charge >= 0.3 is 6.18 Å². The lowest BCUT2D eigenvalue weighted by atomic mass is 9.99. The van der Waals surface area contributed by atoms with Crippen LogP contribution in [0.5, 0.6) is 0 Å². The number of hydrogen-bond acceptors (Lipinski definition) is 4. The first-order chi connectivity index (χ1) is 11.3. The molecule has 2 fully saturated rings. The predicted octanol–water partition coefficient (Wildman–Crippen LogP) is 0.651. The number of carbonyl (C=O) groups is 2. The number of alkyl halides is 3. The van der Waals surface area contributed by atoms with E-state index in [1.807, 2.05) is 0 Å². The quantitative estimate of drug-likeness (QED) is 0.853. The van der Waals surface area contributed by atoms with Gasteiger partial charge in [-0.3, -0.25) is 14.3 Å². The number of nitrogens with one attached hydrogen (secondary N) is 1. The van der Waals surface area contributed by atoms with Crippen molar-refractivity contribution in [1.29, 1.82) is 0 Å². The molecule has 2 aliphatic rings. The largest absolute Gasteiger partial charge is 0.435 e. The average Bonchev–Trinajstić information content (AvgIpc) is 2.98. The van der Waals surface area contributed by atoms with Crippen LogP contribution in [0, 0.1) is 0 Å². The van der Waals surface area contributed by atoms with Crippen LogP contribution in [0.2, 0.25) is 0 Å². The molecular weight excluding hydrogens is 329 g/mol. The number of morpholine rings is 1. The van der Waals surface area contributed by atoms with E-state index in [1.165, 1.54) is 4.90 Å². The Kier molecular flexibility index (Phi) is 4.24. The smallest absolute Gasteiger partial charge is 0.366 e. The zero-order valence-corrected chi connectivity index (χ0v) is 13.0. The molecule has 0 saturated carbocycles. The minimum atomic E-state index is -4.70. The summed E-state index contributed by atoms with van der Waals surface area (Å²) in [6, 6.07) is -0.403. The van der Waals surface area contributed by atoms with Gasteiger partial charge in [-0.15, -0.1) is 0 Å². The standard InChI is InChI=1S/C14H17F3N4O3/c1-2-21-5-8(12(19-21)14(15,16)17)13(23)20-4-3-10-9(6-20)18-11(22)7-24-10/h5,9-10H,2-4,6-7H2,1H3,(H,18,22)/t9-,10+/m1/s1. The number of carbonyl (C=O) groups excluding carboxylic acids is 2. The Balaban J connectivity index is 1.82. The molecule has 7 nitrogen and oxygen atoms in total. The summed E-state index contributed by atoms with van der Waals surface area (Å²) >= 11 is 0. The fourth-order valence-corrected chi connectivity index (χ4v) is 3.00. The minimum absolute atomic E-state index is 0.0311. The predicted molar refractivity (Wildman–Crippen MR) is 75.1 cm³/mol. The van der Waals surface area contributed by atoms with Gasteiger partial charge in [0, 0.05) is 25.8 Å². The maximum atomic E-state index is 13.1. The van der Waals surface area contributed by atoms with E-state index in [0.717, 1.165) is 10.9 Å². The van der Waals surface area contributed by atoms with Gasteiger partial charge in [0.1, 0.15) is 6.61 Å². The molecule has 1 aromatic heterocycles. The highest BCUT2D eigenvalue weighted by Crippen LogP contribution is 2.32. The van der Waals surface area contributed by atoms with Crippen LogP contribution in [0.25, 0.3) is 0 Å². The fraction of sp³-hybridized carbons (Fsp3) is 0.643. The molecule has 10 heteroatoms. The summed E-state index contributed by atoms with van der Waals surface area (Å²) in [5.74, 6) is -1.03. The highest BCUT2D eigenvalue weighted by Gasteiger charge is 2.42. The Morgan fingerprint density at radius 2 is 2.25 bits per heavy atom. The molecule has 132 valence electrons. The van der Waals surface area contributed by atoms with Crippen molar-refractivity contribution in [2.75, 3.05) is 19.7 Å². The van der Waals surface area contributed by atoms with Gasteiger partial charge in [0.15, 0.2) is 5.69 Å². The number of amides is 2. The van der Waals surface area contributed by atoms with Crippen molar-refractivity contribution in [3.63, 3.8) is 0 Å². The normalized spacial score (nSPS) is 24.5. The number of aryl methyl sites for hydroxylation is 1. The summed E-state index contributed by atoms with van der Waals surface area (Å²) in [5, 5.41) is 6.17. The Morgan fingerprint density at radius 1 is 1.50 bits per heavy atom. The summed E-state index contributed by atoms with van der Waals surface area (Å²) < 4.78 is 45.8. The van der Waals surface area contributed by atoms with Gasteiger partial charge in [0.25, 0.3) is 5.91 Å². The average molecular weight is 346 g/mol. The molecule has 0 aromatic carbocycles. The molecule has 0 unspecified atom stereocenters. The van der Waals surface area contributed by atoms with Gasteiger partial charge in [-0.2, -0.15) is 18.3 Å². The molecule has 24 heavy (non-hydrogen) atoms. The molecule has 0 aliphatic carbocycles. The maximum Gasteiger partial charge on any atom is 0.435 e. The molecule has 2 amide bonds. The molecule has 0 bridgehead atoms. The Labute approximate surface area is 135 Å². The number of aromatic nitrogens is 2. The zero-order valence-electron chi connectivity index (χ0n) is 13.0. The molecule has 0 radical (unpaired) electrons. The Bertz CT molecular complexity index is 658. The molecule has 1 aromatic rings. The van der Waals surface area contributed by atoms with Gasteiger partial charge in [0.05, 0.1) is 17.7 Å². The van der Waals surface area contributed by atoms with E-state index in [1.54, 1.807) is 6.92 Å². The summed E-state index contributed by atoms with van der Waals surface area (Å²) in [4.78, 5) is 25.3. The molecule has 3 rings (SSSR count). The Morgan fingerprint density at radius 3 is 2.92 bits per heavy atom. The number of ether oxygens (including phenoxy) is 1. The summed E-state index contributed by atoms with van der Waals surface area (Å²) in [5.41, 5.74) is -1.65. The summed E-state index contributed by atoms with van der Waals surface area (Å²) in [7, 11) is 0. The number of hydrogen-bond donors (Lipinski definition) is 1. The number of nitrogens with zero attached hydrogens (tertiary/aromatic N) is 3. The number of likely N-dealkylation sites (tertiary alicyclic amines) is 1. The van der Waals surface area contributed by atoms with E-state index in [0.29, 0.717) is 6.42 Å². The van der Waals surface area contributed by atoms with E-state index in [4.69, 9.17) is 4.74 Å². The van der Waals surface area contributed by atoms with E-state index in [-0.39, 0.29) is 38.3 Å². The van der Waals surface area contributed by atoms with Crippen LogP contribution in [0.3, 0.4) is 0 Å². The van der Waals surface area contributed by atoms with Crippen LogP contribution in [-0.4, -0.2) is 58.3 Å². The van der Waals surface area contributed by atoms with Crippen LogP contribution in [0.1, 0.15) is 29.4 Å². The molecule has 1 N–H and O–H groups in total. The first-order valence-electron chi connectivity index (χ1n) is 7.64. The lowest BCUT2D eigenvalue weighted by molar-refractivity contribution is -0.141. The van der Waals surface area contributed by atoms with Crippen molar-refractivity contribution in [3.8, 4) is 0 Å². The fourth-order valence-electron chi connectivity index (χ4n) is 3.00. The van der Waals surface area contributed by atoms with E-state index < -0.39 is 29.4 Å². The van der Waals surface area contributed by atoms with Gasteiger partial charge in [-0.05, 0) is 13.3 Å². The van der Waals surface area contributed by atoms with E-state index in [2.05, 4.69) is 10.4 Å². The molecule has 2 aliphatic heterocycles. The van der Waals surface area contributed by atoms with Crippen LogP contribution in [0.4, 0.5) is 13.2 Å². The third-order valence-electron chi connectivity index (χ3n) is 4.20. The second-order valence-corrected chi connectivity index (χ2v) is 5.81. The molecule has 2 saturated heterocycles. The van der Waals surface area contributed by atoms with Crippen molar-refractivity contribution >= 4 is 11.8 Å². The summed E-state index contributed by atoms with van der Waals surface area (Å²) in [6.45, 7) is 2.22. The van der Waals surface area contributed by atoms with Crippen LogP contribution in [0.15, 0.2) is 6.20 Å². The SMILES string of the molecule is CCn1cc(C(=O)N2CC[C@@H]3OCC(=O)N[C@@H]3C2)c(C(F)(F)F)n1. The monoisotopic (exact) mass is 346 g/mol. The second kappa shape index (κ2) is 6.08. The van der Waals surface area contributed by atoms with E-state index in [9.17, 15) is 22.8 Å². The number of rotatable bonds is 2. The van der Waals surface area contributed by atoms with Gasteiger partial charge in [-0.1, -0.05) is 0 Å². The van der Waals surface area contributed by atoms with Crippen LogP contribution in [-0.2, 0) is 22.3 Å². The molecular formula is C14H17F3N4O3. The minimum Gasteiger partial charge on any atom is -0.366 e. The third kappa shape index (κ3) is 3.10. The zero-order chi connectivity index (χ0) is 17.5. The maximum absolute atomic E-state index is 13.1. The second-order valence-electron chi connectivity index (χ2n) is 5.81. The molecule has 3 heterocycles. The topological polar surface area (TPSA) is 76.5 Å². The lowest BCUT2D eigenvalue weighted by Gasteiger charge is -2.41. The first kappa shape index (κ1) is 16.7.